The number of aliphatic hydroxyl groups excluding tert-OH is 4. The van der Waals surface area contributed by atoms with Crippen LogP contribution >= 0.6 is 0 Å². The molecule has 1 heterocycles. The van der Waals surface area contributed by atoms with Crippen molar-refractivity contribution in [1.82, 2.24) is 0 Å². The van der Waals surface area contributed by atoms with Gasteiger partial charge in [-0.1, -0.05) is 72.1 Å². The van der Waals surface area contributed by atoms with Crippen LogP contribution in [0.2, 0.25) is 0 Å². The van der Waals surface area contributed by atoms with Crippen LogP contribution in [-0.2, 0) is 4.74 Å². The molecule has 5 heteroatoms. The average Bonchev–Trinajstić information content (AvgIpc) is 3.82. The fraction of sp³-hybridized carbons (Fsp3) is 0.688. The summed E-state index contributed by atoms with van der Waals surface area (Å²) in [5.74, 6) is 1.11. The first-order valence-corrected chi connectivity index (χ1v) is 13.8. The zero-order valence-electron chi connectivity index (χ0n) is 25.4. The molecule has 1 aliphatic heterocycles. The van der Waals surface area contributed by atoms with E-state index in [4.69, 9.17) is 25.2 Å². The molecule has 4 N–H and O–H groups in total. The molecule has 1 saturated heterocycles. The zero-order chi connectivity index (χ0) is 30.3. The summed E-state index contributed by atoms with van der Waals surface area (Å²) in [5.41, 5.74) is 0. The smallest absolute Gasteiger partial charge is 0.0835 e. The SMILES string of the molecule is C=C.C=C.C=CC(CO)CCO.C=CCC.C=CCCC(C)C1CO1.CCC(CO)CCO.CCCC. The lowest BCUT2D eigenvalue weighted by Crippen LogP contribution is -2.05. The molecule has 0 saturated carbocycles. The molecule has 1 rings (SSSR count). The Labute approximate surface area is 232 Å². The third kappa shape index (κ3) is 56.0. The van der Waals surface area contributed by atoms with Crippen molar-refractivity contribution in [2.75, 3.05) is 33.0 Å². The number of allylic oxidation sites excluding steroid dienone is 2. The summed E-state index contributed by atoms with van der Waals surface area (Å²) in [6.45, 7) is 34.9. The largest absolute Gasteiger partial charge is 0.396 e. The van der Waals surface area contributed by atoms with Crippen LogP contribution < -0.4 is 0 Å². The molecule has 0 spiro atoms. The molecular formula is C32H66O5. The van der Waals surface area contributed by atoms with Crippen LogP contribution in [0, 0.1) is 17.8 Å². The average molecular weight is 531 g/mol. The van der Waals surface area contributed by atoms with Gasteiger partial charge in [-0.15, -0.1) is 46.1 Å². The quantitative estimate of drug-likeness (QED) is 0.138. The molecule has 0 bridgehead atoms. The Morgan fingerprint density at radius 3 is 1.41 bits per heavy atom. The molecule has 4 atom stereocenters. The number of unbranched alkanes of at least 4 members (excludes halogenated alkanes) is 1. The molecule has 0 aromatic rings. The Balaban J connectivity index is -0.0000000808. The summed E-state index contributed by atoms with van der Waals surface area (Å²) in [7, 11) is 0. The molecule has 0 aromatic carbocycles. The minimum Gasteiger partial charge on any atom is -0.396 e. The summed E-state index contributed by atoms with van der Waals surface area (Å²) in [6, 6.07) is 0. The zero-order valence-corrected chi connectivity index (χ0v) is 25.4. The predicted octanol–water partition coefficient (Wildman–Crippen LogP) is 7.53. The van der Waals surface area contributed by atoms with Gasteiger partial charge in [0, 0.05) is 32.3 Å². The van der Waals surface area contributed by atoms with Crippen molar-refractivity contribution in [1.29, 1.82) is 0 Å². The summed E-state index contributed by atoms with van der Waals surface area (Å²) < 4.78 is 5.13. The number of ether oxygens (including phenoxy) is 1. The van der Waals surface area contributed by atoms with Crippen LogP contribution in [0.1, 0.15) is 86.0 Å². The summed E-state index contributed by atoms with van der Waals surface area (Å²) >= 11 is 0. The Kier molecular flexibility index (Phi) is 67.2. The van der Waals surface area contributed by atoms with E-state index in [-0.39, 0.29) is 32.3 Å². The van der Waals surface area contributed by atoms with Gasteiger partial charge in [0.05, 0.1) is 12.7 Å². The maximum Gasteiger partial charge on any atom is 0.0835 e. The van der Waals surface area contributed by atoms with E-state index in [0.717, 1.165) is 38.2 Å². The van der Waals surface area contributed by atoms with Crippen molar-refractivity contribution in [3.63, 3.8) is 0 Å². The van der Waals surface area contributed by atoms with Crippen molar-refractivity contribution >= 4 is 0 Å². The van der Waals surface area contributed by atoms with Gasteiger partial charge in [0.15, 0.2) is 0 Å². The topological polar surface area (TPSA) is 93.5 Å². The van der Waals surface area contributed by atoms with E-state index < -0.39 is 0 Å². The monoisotopic (exact) mass is 530 g/mol. The lowest BCUT2D eigenvalue weighted by atomic mass is 10.0. The Morgan fingerprint density at radius 1 is 0.784 bits per heavy atom. The highest BCUT2D eigenvalue weighted by atomic mass is 16.6. The van der Waals surface area contributed by atoms with Gasteiger partial charge in [-0.25, -0.2) is 0 Å². The highest BCUT2D eigenvalue weighted by Crippen LogP contribution is 2.23. The molecule has 0 aliphatic carbocycles. The number of hydrogen-bond donors (Lipinski definition) is 4. The number of hydrogen-bond acceptors (Lipinski definition) is 5. The number of aliphatic hydroxyl groups is 4. The van der Waals surface area contributed by atoms with E-state index in [1.165, 1.54) is 19.3 Å². The molecule has 224 valence electrons. The van der Waals surface area contributed by atoms with Crippen molar-refractivity contribution in [3.8, 4) is 0 Å². The number of epoxide rings is 1. The van der Waals surface area contributed by atoms with Crippen LogP contribution in [0.4, 0.5) is 0 Å². The van der Waals surface area contributed by atoms with E-state index >= 15 is 0 Å². The first-order valence-electron chi connectivity index (χ1n) is 13.8. The van der Waals surface area contributed by atoms with Gasteiger partial charge in [-0.3, -0.25) is 0 Å². The molecule has 5 nitrogen and oxygen atoms in total. The van der Waals surface area contributed by atoms with Gasteiger partial charge in [-0.05, 0) is 43.9 Å². The first kappa shape index (κ1) is 48.6. The molecule has 0 aromatic heterocycles. The lowest BCUT2D eigenvalue weighted by Gasteiger charge is -2.06. The van der Waals surface area contributed by atoms with Crippen molar-refractivity contribution < 1.29 is 25.2 Å². The summed E-state index contributed by atoms with van der Waals surface area (Å²) in [5, 5.41) is 33.7. The van der Waals surface area contributed by atoms with Gasteiger partial charge >= 0.3 is 0 Å². The fourth-order valence-corrected chi connectivity index (χ4v) is 2.01. The van der Waals surface area contributed by atoms with Crippen LogP contribution in [0.15, 0.2) is 64.3 Å². The number of rotatable bonds is 14. The van der Waals surface area contributed by atoms with Crippen LogP contribution in [0.25, 0.3) is 0 Å². The molecule has 37 heavy (non-hydrogen) atoms. The van der Waals surface area contributed by atoms with E-state index in [9.17, 15) is 0 Å². The van der Waals surface area contributed by atoms with E-state index in [1.54, 1.807) is 6.08 Å². The Morgan fingerprint density at radius 2 is 1.24 bits per heavy atom. The molecule has 1 fully saturated rings. The summed E-state index contributed by atoms with van der Waals surface area (Å²) in [4.78, 5) is 0. The van der Waals surface area contributed by atoms with E-state index in [0.29, 0.717) is 18.4 Å². The van der Waals surface area contributed by atoms with Gasteiger partial charge in [0.25, 0.3) is 0 Å². The maximum atomic E-state index is 8.55. The van der Waals surface area contributed by atoms with Crippen LogP contribution in [-0.4, -0.2) is 59.6 Å². The third-order valence-corrected chi connectivity index (χ3v) is 5.05. The standard InChI is InChI=1S/C8H14O.C6H14O2.C6H12O2.C4H10.C4H8.2C2H4/c1-3-4-5-7(2)8-6-9-8;2*1-2-6(5-8)3-4-7;2*1-3-4-2;2*1-2/h3,7-8H,1,4-6H2,2H3;6-8H,2-5H2,1H3;2,6-8H,1,3-5H2;3-4H2,1-2H3;3H,1,4H2,2H3;2*1-2H2. The van der Waals surface area contributed by atoms with Gasteiger partial charge < -0.3 is 25.2 Å². The summed E-state index contributed by atoms with van der Waals surface area (Å²) in [6.07, 6.45) is 14.4. The van der Waals surface area contributed by atoms with Crippen molar-refractivity contribution in [3.05, 3.63) is 64.3 Å². The molecule has 0 amide bonds. The normalized spacial score (nSPS) is 14.2. The second-order valence-corrected chi connectivity index (χ2v) is 8.07. The van der Waals surface area contributed by atoms with Gasteiger partial charge in [0.2, 0.25) is 0 Å². The Hall–Kier alpha value is -1.50. The van der Waals surface area contributed by atoms with Crippen LogP contribution in [0.3, 0.4) is 0 Å². The second-order valence-electron chi connectivity index (χ2n) is 8.07. The molecule has 1 aliphatic rings. The second kappa shape index (κ2) is 51.2. The lowest BCUT2D eigenvalue weighted by molar-refractivity contribution is 0.180. The molecule has 4 unspecified atom stereocenters. The van der Waals surface area contributed by atoms with Crippen LogP contribution in [0.5, 0.6) is 0 Å². The molecular weight excluding hydrogens is 464 g/mol. The minimum atomic E-state index is 0.0694. The minimum absolute atomic E-state index is 0.0694. The van der Waals surface area contributed by atoms with E-state index in [1.807, 2.05) is 19.1 Å². The fourth-order valence-electron chi connectivity index (χ4n) is 2.01. The van der Waals surface area contributed by atoms with Crippen molar-refractivity contribution in [2.24, 2.45) is 17.8 Å². The van der Waals surface area contributed by atoms with Gasteiger partial charge in [0.1, 0.15) is 0 Å². The molecule has 0 radical (unpaired) electrons. The third-order valence-electron chi connectivity index (χ3n) is 5.05. The van der Waals surface area contributed by atoms with Gasteiger partial charge in [-0.2, -0.15) is 0 Å². The maximum absolute atomic E-state index is 8.55. The Bertz CT molecular complexity index is 389. The highest BCUT2D eigenvalue weighted by Gasteiger charge is 2.28. The highest BCUT2D eigenvalue weighted by molar-refractivity contribution is 4.78. The van der Waals surface area contributed by atoms with E-state index in [2.05, 4.69) is 73.7 Å². The van der Waals surface area contributed by atoms with Crippen molar-refractivity contribution in [2.45, 2.75) is 92.1 Å². The first-order chi connectivity index (χ1) is 17.9. The predicted molar refractivity (Wildman–Crippen MR) is 167 cm³/mol.